The van der Waals surface area contributed by atoms with Gasteiger partial charge in [0.15, 0.2) is 0 Å². The van der Waals surface area contributed by atoms with Gasteiger partial charge in [0.1, 0.15) is 0 Å². The molecule has 2 nitrogen and oxygen atoms in total. The summed E-state index contributed by atoms with van der Waals surface area (Å²) in [4.78, 5) is 0. The van der Waals surface area contributed by atoms with Crippen LogP contribution in [0.2, 0.25) is 10.0 Å². The fourth-order valence-corrected chi connectivity index (χ4v) is 2.95. The van der Waals surface area contributed by atoms with Crippen molar-refractivity contribution in [1.82, 2.24) is 5.32 Å². The van der Waals surface area contributed by atoms with Gasteiger partial charge >= 0.3 is 0 Å². The number of halogens is 2. The summed E-state index contributed by atoms with van der Waals surface area (Å²) in [7, 11) is 0. The lowest BCUT2D eigenvalue weighted by Gasteiger charge is -2.21. The normalized spacial score (nSPS) is 20.7. The summed E-state index contributed by atoms with van der Waals surface area (Å²) in [5.74, 6) is 0. The van der Waals surface area contributed by atoms with Gasteiger partial charge in [-0.2, -0.15) is 0 Å². The molecule has 0 amide bonds. The quantitative estimate of drug-likeness (QED) is 0.855. The van der Waals surface area contributed by atoms with Crippen molar-refractivity contribution in [2.75, 3.05) is 13.2 Å². The number of ether oxygens (including phenoxy) is 1. The zero-order valence-electron chi connectivity index (χ0n) is 11.3. The summed E-state index contributed by atoms with van der Waals surface area (Å²) < 4.78 is 5.72. The number of rotatable bonds is 6. The summed E-state index contributed by atoms with van der Waals surface area (Å²) in [5.41, 5.74) is 1.22. The van der Waals surface area contributed by atoms with Crippen LogP contribution in [0.15, 0.2) is 18.2 Å². The van der Waals surface area contributed by atoms with Crippen LogP contribution >= 0.6 is 23.2 Å². The second-order valence-electron chi connectivity index (χ2n) is 5.08. The molecule has 0 aromatic heterocycles. The molecular formula is C15H21Cl2NO. The van der Waals surface area contributed by atoms with E-state index in [9.17, 15) is 0 Å². The minimum atomic E-state index is 0.409. The van der Waals surface area contributed by atoms with Crippen LogP contribution < -0.4 is 5.32 Å². The highest BCUT2D eigenvalue weighted by Gasteiger charge is 2.20. The average Bonchev–Trinajstić information content (AvgIpc) is 2.87. The van der Waals surface area contributed by atoms with Gasteiger partial charge in [0.05, 0.1) is 16.1 Å². The van der Waals surface area contributed by atoms with Gasteiger partial charge in [-0.1, -0.05) is 36.2 Å². The monoisotopic (exact) mass is 301 g/mol. The maximum Gasteiger partial charge on any atom is 0.0595 e. The molecule has 0 bridgehead atoms. The van der Waals surface area contributed by atoms with E-state index in [1.54, 1.807) is 0 Å². The first-order chi connectivity index (χ1) is 9.19. The number of nitrogens with one attached hydrogen (secondary N) is 1. The highest BCUT2D eigenvalue weighted by molar-refractivity contribution is 6.42. The molecule has 1 aromatic carbocycles. The Morgan fingerprint density at radius 3 is 2.84 bits per heavy atom. The second kappa shape index (κ2) is 7.49. The molecule has 2 rings (SSSR count). The predicted molar refractivity (Wildman–Crippen MR) is 81.2 cm³/mol. The van der Waals surface area contributed by atoms with Crippen molar-refractivity contribution in [2.24, 2.45) is 0 Å². The molecule has 1 heterocycles. The highest BCUT2D eigenvalue weighted by Crippen LogP contribution is 2.24. The van der Waals surface area contributed by atoms with E-state index in [-0.39, 0.29) is 0 Å². The van der Waals surface area contributed by atoms with Gasteiger partial charge < -0.3 is 10.1 Å². The van der Waals surface area contributed by atoms with Crippen LogP contribution in [0.5, 0.6) is 0 Å². The fourth-order valence-electron chi connectivity index (χ4n) is 2.63. The number of benzene rings is 1. The molecule has 1 fully saturated rings. The fraction of sp³-hybridized carbons (Fsp3) is 0.600. The molecule has 1 aliphatic heterocycles. The first kappa shape index (κ1) is 15.1. The van der Waals surface area contributed by atoms with Gasteiger partial charge in [0.25, 0.3) is 0 Å². The zero-order chi connectivity index (χ0) is 13.7. The third kappa shape index (κ3) is 4.64. The second-order valence-corrected chi connectivity index (χ2v) is 5.89. The Morgan fingerprint density at radius 2 is 2.21 bits per heavy atom. The summed E-state index contributed by atoms with van der Waals surface area (Å²) in [5, 5.41) is 4.78. The Labute approximate surface area is 125 Å². The van der Waals surface area contributed by atoms with Gasteiger partial charge in [-0.15, -0.1) is 0 Å². The Kier molecular flexibility index (Phi) is 5.96. The Hall–Kier alpha value is -0.280. The zero-order valence-corrected chi connectivity index (χ0v) is 12.8. The topological polar surface area (TPSA) is 21.3 Å². The molecule has 1 aromatic rings. The van der Waals surface area contributed by atoms with Crippen LogP contribution in [0.1, 0.15) is 31.7 Å². The predicted octanol–water partition coefficient (Wildman–Crippen LogP) is 4.08. The van der Waals surface area contributed by atoms with Gasteiger partial charge in [-0.05, 0) is 49.9 Å². The van der Waals surface area contributed by atoms with Crippen LogP contribution in [-0.2, 0) is 11.2 Å². The number of hydrogen-bond donors (Lipinski definition) is 1. The van der Waals surface area contributed by atoms with E-state index in [0.717, 1.165) is 26.0 Å². The van der Waals surface area contributed by atoms with E-state index < -0.39 is 0 Å². The van der Waals surface area contributed by atoms with Crippen LogP contribution in [0.3, 0.4) is 0 Å². The first-order valence-corrected chi connectivity index (χ1v) is 7.73. The molecule has 1 saturated heterocycles. The number of likely N-dealkylation sites (N-methyl/N-ethyl adjacent to an activating group) is 1. The van der Waals surface area contributed by atoms with E-state index in [4.69, 9.17) is 27.9 Å². The Balaban J connectivity index is 1.96. The molecule has 106 valence electrons. The van der Waals surface area contributed by atoms with E-state index in [2.05, 4.69) is 12.2 Å². The molecule has 1 aliphatic rings. The number of hydrogen-bond acceptors (Lipinski definition) is 2. The maximum absolute atomic E-state index is 6.07. The molecule has 2 atom stereocenters. The Morgan fingerprint density at radius 1 is 1.37 bits per heavy atom. The molecule has 2 unspecified atom stereocenters. The molecule has 0 radical (unpaired) electrons. The maximum atomic E-state index is 6.07. The van der Waals surface area contributed by atoms with E-state index in [1.165, 1.54) is 18.4 Å². The summed E-state index contributed by atoms with van der Waals surface area (Å²) in [6, 6.07) is 6.32. The lowest BCUT2D eigenvalue weighted by molar-refractivity contribution is 0.0948. The van der Waals surface area contributed by atoms with Crippen molar-refractivity contribution in [2.45, 2.75) is 44.8 Å². The van der Waals surface area contributed by atoms with Crippen molar-refractivity contribution in [3.8, 4) is 0 Å². The lowest BCUT2D eigenvalue weighted by atomic mass is 9.99. The van der Waals surface area contributed by atoms with E-state index in [1.807, 2.05) is 18.2 Å². The van der Waals surface area contributed by atoms with Crippen LogP contribution in [0.4, 0.5) is 0 Å². The van der Waals surface area contributed by atoms with E-state index >= 15 is 0 Å². The van der Waals surface area contributed by atoms with Crippen LogP contribution in [0.25, 0.3) is 0 Å². The first-order valence-electron chi connectivity index (χ1n) is 6.98. The highest BCUT2D eigenvalue weighted by atomic mass is 35.5. The van der Waals surface area contributed by atoms with Gasteiger partial charge in [0, 0.05) is 12.6 Å². The van der Waals surface area contributed by atoms with Gasteiger partial charge in [-0.3, -0.25) is 0 Å². The molecule has 4 heteroatoms. The van der Waals surface area contributed by atoms with E-state index in [0.29, 0.717) is 22.2 Å². The van der Waals surface area contributed by atoms with Crippen molar-refractivity contribution < 1.29 is 4.74 Å². The largest absolute Gasteiger partial charge is 0.378 e. The standard InChI is InChI=1S/C15H21Cl2NO/c1-2-18-12(10-13-4-3-7-19-13)8-11-5-6-14(16)15(17)9-11/h5-6,9,12-13,18H,2-4,7-8,10H2,1H3. The van der Waals surface area contributed by atoms with Crippen LogP contribution in [0, 0.1) is 0 Å². The molecule has 19 heavy (non-hydrogen) atoms. The van der Waals surface area contributed by atoms with Crippen molar-refractivity contribution >= 4 is 23.2 Å². The van der Waals surface area contributed by atoms with Crippen LogP contribution in [-0.4, -0.2) is 25.3 Å². The molecule has 0 saturated carbocycles. The summed E-state index contributed by atoms with van der Waals surface area (Å²) in [6.45, 7) is 4.02. The molecule has 0 aliphatic carbocycles. The van der Waals surface area contributed by atoms with Gasteiger partial charge in [0.2, 0.25) is 0 Å². The average molecular weight is 302 g/mol. The molecular weight excluding hydrogens is 281 g/mol. The third-order valence-electron chi connectivity index (χ3n) is 3.53. The SMILES string of the molecule is CCNC(Cc1ccc(Cl)c(Cl)c1)CC1CCCO1. The lowest BCUT2D eigenvalue weighted by Crippen LogP contribution is -2.34. The third-order valence-corrected chi connectivity index (χ3v) is 4.27. The minimum absolute atomic E-state index is 0.409. The minimum Gasteiger partial charge on any atom is -0.378 e. The van der Waals surface area contributed by atoms with Crippen molar-refractivity contribution in [3.63, 3.8) is 0 Å². The molecule has 1 N–H and O–H groups in total. The van der Waals surface area contributed by atoms with Crippen molar-refractivity contribution in [3.05, 3.63) is 33.8 Å². The smallest absolute Gasteiger partial charge is 0.0595 e. The summed E-state index contributed by atoms with van der Waals surface area (Å²) in [6.07, 6.45) is 4.81. The molecule has 0 spiro atoms. The van der Waals surface area contributed by atoms with Crippen molar-refractivity contribution in [1.29, 1.82) is 0 Å². The summed E-state index contributed by atoms with van der Waals surface area (Å²) >= 11 is 12.0. The Bertz CT molecular complexity index is 405. The van der Waals surface area contributed by atoms with Gasteiger partial charge in [-0.25, -0.2) is 0 Å².